The second-order valence-electron chi connectivity index (χ2n) is 35.2. The molecule has 2 amide bonds. The van der Waals surface area contributed by atoms with Crippen molar-refractivity contribution in [3.8, 4) is 0 Å². The number of nitrogens with zero attached hydrogens (tertiary/aromatic N) is 8. The van der Waals surface area contributed by atoms with Crippen molar-refractivity contribution < 1.29 is 152 Å². The summed E-state index contributed by atoms with van der Waals surface area (Å²) in [6, 6.07) is 16.8. The average Bonchev–Trinajstić information content (AvgIpc) is 1.59. The van der Waals surface area contributed by atoms with E-state index in [-0.39, 0.29) is 94.5 Å². The minimum Gasteiger partial charge on any atom is -0.603 e. The maximum Gasteiger partial charge on any atom is 0.487 e. The second kappa shape index (κ2) is 43.3. The first-order valence-corrected chi connectivity index (χ1v) is 53.6. The van der Waals surface area contributed by atoms with Gasteiger partial charge < -0.3 is 65.6 Å². The number of nitrogens with two attached hydrogens (primary N) is 1. The summed E-state index contributed by atoms with van der Waals surface area (Å²) in [6.07, 6.45) is 17.1. The van der Waals surface area contributed by atoms with Gasteiger partial charge in [-0.1, -0.05) is 90.5 Å². The number of fused-ring (bicyclic) bond motifs is 5. The Morgan fingerprint density at radius 2 is 0.941 bits per heavy atom. The molecule has 7 atom stereocenters. The van der Waals surface area contributed by atoms with Crippen molar-refractivity contribution in [2.75, 3.05) is 74.6 Å². The number of aliphatic hydroxyl groups excluding tert-OH is 1. The van der Waals surface area contributed by atoms with Crippen molar-refractivity contribution in [3.63, 3.8) is 0 Å². The van der Waals surface area contributed by atoms with Crippen LogP contribution >= 0.6 is 24.5 Å². The number of carboxylic acids is 2. The molecular formula is C86H114N11O31P3S4+2. The maximum absolute atomic E-state index is 13.9. The van der Waals surface area contributed by atoms with Crippen molar-refractivity contribution in [2.45, 2.75) is 224 Å². The smallest absolute Gasteiger partial charge is 0.487 e. The molecule has 7 heterocycles. The summed E-state index contributed by atoms with van der Waals surface area (Å²) in [6.45, 7) is 14.0. The number of benzene rings is 4. The first-order valence-electron chi connectivity index (χ1n) is 43.4. The zero-order valence-corrected chi connectivity index (χ0v) is 81.3. The largest absolute Gasteiger partial charge is 0.603 e. The van der Waals surface area contributed by atoms with E-state index < -0.39 is 142 Å². The van der Waals surface area contributed by atoms with Gasteiger partial charge in [0.2, 0.25) is 24.5 Å². The van der Waals surface area contributed by atoms with Crippen molar-refractivity contribution >= 4 is 140 Å². The highest BCUT2D eigenvalue weighted by Crippen LogP contribution is 2.72. The Labute approximate surface area is 783 Å². The van der Waals surface area contributed by atoms with Crippen LogP contribution in [-0.2, 0) is 108 Å². The van der Waals surface area contributed by atoms with E-state index in [1.54, 1.807) is 71.6 Å². The van der Waals surface area contributed by atoms with E-state index in [9.17, 15) is 116 Å². The van der Waals surface area contributed by atoms with Crippen LogP contribution in [0.3, 0.4) is 0 Å². The number of anilines is 3. The molecule has 5 aliphatic heterocycles. The summed E-state index contributed by atoms with van der Waals surface area (Å²) in [4.78, 5) is 136. The van der Waals surface area contributed by atoms with E-state index in [2.05, 4.69) is 34.2 Å². The Morgan fingerprint density at radius 3 is 1.41 bits per heavy atom. The number of aliphatic carboxylic acids is 2. The fraction of sp³-hybridized carbons (Fsp3) is 0.477. The topological polar surface area (TPSA) is 638 Å². The molecule has 135 heavy (non-hydrogen) atoms. The molecule has 49 heteroatoms. The Morgan fingerprint density at radius 1 is 0.519 bits per heavy atom. The molecule has 736 valence electrons. The molecule has 0 saturated carbocycles. The van der Waals surface area contributed by atoms with Crippen LogP contribution in [0.4, 0.5) is 28.6 Å². The van der Waals surface area contributed by atoms with E-state index in [4.69, 9.17) is 24.3 Å². The number of nitrogens with one attached hydrogen (secondary N) is 2. The Kier molecular flexibility index (Phi) is 34.2. The molecule has 1 fully saturated rings. The van der Waals surface area contributed by atoms with Crippen LogP contribution in [0.2, 0.25) is 0 Å². The number of hydrogen-bond donors (Lipinski definition) is 13. The molecular weight excluding hydrogens is 1900 g/mol. The number of aromatic nitrogens is 4. The standard InChI is InChI=1S/C86H112N11O31P3S4/c1-83(2)60-47-56(132(111,112)113)33-37-64(60)93(43-22-14-18-31-75(100)101)69(83)27-16-13-17-28-71-85(5,6)62-49-58(134(117,118)119)35-39-66(62)95(71)51-73(98)88-41-20-9-11-24-45-123-79-78(104)68(126-82(79)97-55-92-77-80(87)90-54-91-81(77)97)53-125-130(107,108)128-131(109,110)127-129(105,106)124-46-25-12-10-21-42-89-74(99)52-96-67-40-36-59(135(120,121)122)50-63(67)86(7,8)72(96)30-26-29-70-84(3,4)61-48-57(133(114,115)116)34-38-65(61)94(70)44-23-15-19-32-76(102)103/h13,16-17,26-30,33-40,47-50,54-55,68,78-79,82,104H,9-12,14-15,18-25,31-32,41-46,51-53H2,1-8H3,(H11-2,87,88,89,90,91,98,99,100,101,102,103,105,106,107,108,109,110,111,112,113,114,115,116,117,118,119,120,121,122)/p+2/t68-,78-,79-,82-/m1/s1. The molecule has 0 bridgehead atoms. The molecule has 0 spiro atoms. The van der Waals surface area contributed by atoms with Crippen molar-refractivity contribution in [2.24, 2.45) is 0 Å². The van der Waals surface area contributed by atoms with Crippen molar-refractivity contribution in [1.29, 1.82) is 0 Å². The fourth-order valence-electron chi connectivity index (χ4n) is 17.3. The lowest BCUT2D eigenvalue weighted by atomic mass is 9.81. The van der Waals surface area contributed by atoms with Gasteiger partial charge >= 0.3 is 36.4 Å². The third kappa shape index (κ3) is 26.2. The Bertz CT molecular complexity index is 6180. The van der Waals surface area contributed by atoms with E-state index in [0.717, 1.165) is 23.4 Å². The molecule has 4 aromatic carbocycles. The molecule has 0 radical (unpaired) electrons. The van der Waals surface area contributed by atoms with Gasteiger partial charge in [-0.3, -0.25) is 42.0 Å². The first kappa shape index (κ1) is 107. The molecule has 6 aromatic rings. The Balaban J connectivity index is 0.644. The van der Waals surface area contributed by atoms with Crippen LogP contribution in [0.15, 0.2) is 165 Å². The summed E-state index contributed by atoms with van der Waals surface area (Å²) in [5, 5.41) is 35.9. The summed E-state index contributed by atoms with van der Waals surface area (Å²) in [5.41, 5.74) is 10.1. The quantitative estimate of drug-likeness (QED) is 0.00565. The van der Waals surface area contributed by atoms with Gasteiger partial charge in [0, 0.05) is 123 Å². The number of carbonyl (C=O) groups excluding carboxylic acids is 2. The molecule has 5 aliphatic rings. The minimum absolute atomic E-state index is 0.00992. The number of allylic oxidation sites excluding steroid dienone is 10. The molecule has 42 nitrogen and oxygen atoms in total. The lowest BCUT2D eigenvalue weighted by Crippen LogP contribution is -2.36. The van der Waals surface area contributed by atoms with E-state index >= 15 is 0 Å². The number of carboxylic acid groups (broad SMARTS) is 2. The number of carbonyl (C=O) groups is 4. The third-order valence-corrected chi connectivity index (χ3v) is 31.9. The van der Waals surface area contributed by atoms with Crippen molar-refractivity contribution in [1.82, 2.24) is 30.2 Å². The number of aliphatic hydroxyl groups is 1. The number of phosphoric acid groups is 3. The normalized spacial score (nSPS) is 20.5. The minimum atomic E-state index is -6.01. The lowest BCUT2D eigenvalue weighted by molar-refractivity contribution is -0.425. The van der Waals surface area contributed by atoms with Gasteiger partial charge in [0.15, 0.2) is 29.1 Å². The summed E-state index contributed by atoms with van der Waals surface area (Å²) in [7, 11) is -35.7. The summed E-state index contributed by atoms with van der Waals surface area (Å²) >= 11 is 0. The van der Waals surface area contributed by atoms with Gasteiger partial charge in [-0.15, -0.1) is 0 Å². The van der Waals surface area contributed by atoms with Gasteiger partial charge in [-0.25, -0.2) is 15.0 Å². The molecule has 11 rings (SSSR count). The number of rotatable bonds is 49. The summed E-state index contributed by atoms with van der Waals surface area (Å²) < 4.78 is 174. The van der Waals surface area contributed by atoms with Gasteiger partial charge in [0.1, 0.15) is 36.8 Å². The summed E-state index contributed by atoms with van der Waals surface area (Å²) in [5.74, 6) is -2.70. The number of unbranched alkanes of at least 4 members (excludes halogenated alkanes) is 10. The molecule has 1 saturated heterocycles. The fourth-order valence-corrected chi connectivity index (χ4v) is 22.9. The number of amides is 2. The zero-order valence-electron chi connectivity index (χ0n) is 75.4. The SMILES string of the molecule is CC1(C)C(=CC=CC=CC2=[N+](CC(=O)NCCCCCCO[C@@H]3[C@H](O)[C@@H](CO[P+]([O-])(O)O[P+]([O-])(O)O[P+]([O-])(O)OCCCCCCNC(=O)C[N+]4=C(C=CC=C5N(CCCCCC(=O)O)c6ccc(S(=O)(=O)O)cc6C5(C)C)C(C)(C)c5cc(S(=O)(=O)O)ccc54)O[C@H]3n3cnc4c(N)ncnc43)c3ccc(S(=O)(=O)O)cc3C2(C)C)N(CCCCCC(=O)O)c2ccc(S(=O)(=O)O)cc21. The molecule has 0 aliphatic carbocycles. The third-order valence-electron chi connectivity index (χ3n) is 24.2. The number of hydrogen-bond acceptors (Lipinski definition) is 31. The van der Waals surface area contributed by atoms with Crippen LogP contribution in [0.5, 0.6) is 0 Å². The average molecular weight is 2020 g/mol. The highest BCUT2D eigenvalue weighted by atomic mass is 32.2. The van der Waals surface area contributed by atoms with Gasteiger partial charge in [0.05, 0.1) is 43.3 Å². The number of imidazole rings is 1. The van der Waals surface area contributed by atoms with E-state index in [0.29, 0.717) is 147 Å². The second-order valence-corrected chi connectivity index (χ2v) is 45.5. The predicted octanol–water partition coefficient (Wildman–Crippen LogP) is 8.02. The van der Waals surface area contributed by atoms with Gasteiger partial charge in [-0.2, -0.15) is 66.5 Å². The predicted molar refractivity (Wildman–Crippen MR) is 491 cm³/mol. The first-order chi connectivity index (χ1) is 63.1. The van der Waals surface area contributed by atoms with E-state index in [1.807, 2.05) is 63.5 Å². The lowest BCUT2D eigenvalue weighted by Gasteiger charge is -2.27. The highest BCUT2D eigenvalue weighted by molar-refractivity contribution is 7.86. The van der Waals surface area contributed by atoms with Crippen LogP contribution < -0.4 is 40.8 Å². The highest BCUT2D eigenvalue weighted by Gasteiger charge is 2.57. The van der Waals surface area contributed by atoms with Gasteiger partial charge in [-0.05, 0) is 163 Å². The zero-order chi connectivity index (χ0) is 99.0. The van der Waals surface area contributed by atoms with Crippen LogP contribution in [-0.4, -0.2) is 223 Å². The molecule has 3 unspecified atom stereocenters. The molecule has 2 aromatic heterocycles. The van der Waals surface area contributed by atoms with Gasteiger partial charge in [0.25, 0.3) is 52.3 Å². The monoisotopic (exact) mass is 2020 g/mol. The number of phosphoric ester groups is 2. The number of nitrogen functional groups attached to an aromatic ring is 1. The molecule has 14 N–H and O–H groups in total. The van der Waals surface area contributed by atoms with Crippen LogP contribution in [0.1, 0.15) is 187 Å². The van der Waals surface area contributed by atoms with Crippen molar-refractivity contribution in [3.05, 3.63) is 168 Å². The van der Waals surface area contributed by atoms with E-state index in [1.165, 1.54) is 71.6 Å². The van der Waals surface area contributed by atoms with Crippen LogP contribution in [0.25, 0.3) is 11.2 Å². The van der Waals surface area contributed by atoms with Crippen LogP contribution in [0, 0.1) is 0 Å². The number of ether oxygens (including phenoxy) is 2. The maximum atomic E-state index is 13.9. The Hall–Kier alpha value is -8.84.